The van der Waals surface area contributed by atoms with E-state index in [-0.39, 0.29) is 5.41 Å². The second-order valence-corrected chi connectivity index (χ2v) is 9.50. The maximum atomic E-state index is 6.35. The first-order valence-corrected chi connectivity index (χ1v) is 10.6. The Bertz CT molecular complexity index is 671. The van der Waals surface area contributed by atoms with E-state index in [0.717, 1.165) is 41.7 Å². The largest absolute Gasteiger partial charge is 0.375 e. The number of rotatable bonds is 3. The van der Waals surface area contributed by atoms with Crippen LogP contribution in [-0.4, -0.2) is 39.9 Å². The van der Waals surface area contributed by atoms with Gasteiger partial charge in [0.2, 0.25) is 10.1 Å². The SMILES string of the molecule is CC(C)(C)c1cn2nc(N3CCC(OC4CCCCC4)CC3)sc2n1. The highest BCUT2D eigenvalue weighted by atomic mass is 32.1. The zero-order chi connectivity index (χ0) is 17.4. The van der Waals surface area contributed by atoms with Crippen LogP contribution < -0.4 is 4.90 Å². The van der Waals surface area contributed by atoms with E-state index in [1.54, 1.807) is 11.3 Å². The van der Waals surface area contributed by atoms with Crippen molar-refractivity contribution in [1.29, 1.82) is 0 Å². The van der Waals surface area contributed by atoms with Crippen LogP contribution >= 0.6 is 11.3 Å². The van der Waals surface area contributed by atoms with Crippen LogP contribution in [0.4, 0.5) is 5.13 Å². The van der Waals surface area contributed by atoms with Crippen molar-refractivity contribution in [2.75, 3.05) is 18.0 Å². The number of ether oxygens (including phenoxy) is 1. The van der Waals surface area contributed by atoms with Gasteiger partial charge < -0.3 is 9.64 Å². The molecule has 2 aliphatic rings. The molecule has 25 heavy (non-hydrogen) atoms. The molecule has 1 saturated heterocycles. The van der Waals surface area contributed by atoms with E-state index in [2.05, 4.69) is 31.9 Å². The highest BCUT2D eigenvalue weighted by molar-refractivity contribution is 7.20. The maximum absolute atomic E-state index is 6.35. The number of hydrogen-bond donors (Lipinski definition) is 0. The second-order valence-electron chi connectivity index (χ2n) is 8.57. The Balaban J connectivity index is 1.35. The zero-order valence-corrected chi connectivity index (χ0v) is 16.5. The Labute approximate surface area is 154 Å². The number of aromatic nitrogens is 3. The quantitative estimate of drug-likeness (QED) is 0.811. The Morgan fingerprint density at radius 1 is 1.04 bits per heavy atom. The summed E-state index contributed by atoms with van der Waals surface area (Å²) in [5.41, 5.74) is 1.18. The lowest BCUT2D eigenvalue weighted by Crippen LogP contribution is -2.38. The highest BCUT2D eigenvalue weighted by Gasteiger charge is 2.26. The van der Waals surface area contributed by atoms with Gasteiger partial charge in [0.25, 0.3) is 0 Å². The molecule has 1 aliphatic carbocycles. The number of anilines is 1. The van der Waals surface area contributed by atoms with Crippen LogP contribution in [0.25, 0.3) is 4.96 Å². The van der Waals surface area contributed by atoms with Crippen LogP contribution in [0.15, 0.2) is 6.20 Å². The molecule has 0 amide bonds. The zero-order valence-electron chi connectivity index (χ0n) is 15.7. The van der Waals surface area contributed by atoms with Crippen molar-refractivity contribution in [3.05, 3.63) is 11.9 Å². The first kappa shape index (κ1) is 17.3. The average molecular weight is 363 g/mol. The molecule has 5 nitrogen and oxygen atoms in total. The minimum absolute atomic E-state index is 0.0718. The summed E-state index contributed by atoms with van der Waals surface area (Å²) in [6, 6.07) is 0. The third kappa shape index (κ3) is 3.85. The summed E-state index contributed by atoms with van der Waals surface area (Å²) < 4.78 is 8.30. The molecule has 0 unspecified atom stereocenters. The van der Waals surface area contributed by atoms with Gasteiger partial charge in [-0.05, 0) is 25.7 Å². The van der Waals surface area contributed by atoms with Gasteiger partial charge in [0, 0.05) is 18.5 Å². The molecular weight excluding hydrogens is 332 g/mol. The normalized spacial score (nSPS) is 21.3. The smallest absolute Gasteiger partial charge is 0.214 e. The highest BCUT2D eigenvalue weighted by Crippen LogP contribution is 2.30. The summed E-state index contributed by atoms with van der Waals surface area (Å²) in [7, 11) is 0. The first-order chi connectivity index (χ1) is 12.0. The van der Waals surface area contributed by atoms with Gasteiger partial charge in [-0.15, -0.1) is 5.10 Å². The third-order valence-electron chi connectivity index (χ3n) is 5.45. The fraction of sp³-hybridized carbons (Fsp3) is 0.789. The van der Waals surface area contributed by atoms with Crippen LogP contribution in [0.3, 0.4) is 0 Å². The average Bonchev–Trinajstić information content (AvgIpc) is 3.15. The Kier molecular flexibility index (Phi) is 4.75. The summed E-state index contributed by atoms with van der Waals surface area (Å²) >= 11 is 1.70. The van der Waals surface area contributed by atoms with Crippen molar-refractivity contribution in [2.45, 2.75) is 83.3 Å². The van der Waals surface area contributed by atoms with Crippen LogP contribution in [0.1, 0.15) is 71.4 Å². The Morgan fingerprint density at radius 2 is 1.72 bits per heavy atom. The lowest BCUT2D eigenvalue weighted by molar-refractivity contribution is -0.0395. The molecule has 0 atom stereocenters. The summed E-state index contributed by atoms with van der Waals surface area (Å²) in [6.07, 6.45) is 11.9. The number of imidazole rings is 1. The van der Waals surface area contributed by atoms with Gasteiger partial charge in [-0.1, -0.05) is 51.4 Å². The van der Waals surface area contributed by atoms with Crippen molar-refractivity contribution in [2.24, 2.45) is 0 Å². The molecule has 0 bridgehead atoms. The fourth-order valence-corrected chi connectivity index (χ4v) is 4.77. The molecule has 0 spiro atoms. The molecule has 0 aromatic carbocycles. The second kappa shape index (κ2) is 6.88. The van der Waals surface area contributed by atoms with Gasteiger partial charge in [0.05, 0.1) is 24.1 Å². The third-order valence-corrected chi connectivity index (χ3v) is 6.43. The maximum Gasteiger partial charge on any atom is 0.214 e. The molecule has 2 aromatic heterocycles. The Morgan fingerprint density at radius 3 is 2.36 bits per heavy atom. The monoisotopic (exact) mass is 362 g/mol. The standard InChI is InChI=1S/C19H30N4OS/c1-19(2,3)16-13-23-17(20-16)25-18(21-23)22-11-9-15(10-12-22)24-14-7-5-4-6-8-14/h13-15H,4-12H2,1-3H3. The first-order valence-electron chi connectivity index (χ1n) is 9.76. The number of nitrogens with zero attached hydrogens (tertiary/aromatic N) is 4. The van der Waals surface area contributed by atoms with Gasteiger partial charge in [-0.3, -0.25) is 0 Å². The number of fused-ring (bicyclic) bond motifs is 1. The number of piperidine rings is 1. The van der Waals surface area contributed by atoms with E-state index in [9.17, 15) is 0 Å². The Hall–Kier alpha value is -1.14. The van der Waals surface area contributed by atoms with Gasteiger partial charge in [-0.2, -0.15) is 0 Å². The van der Waals surface area contributed by atoms with Crippen molar-refractivity contribution in [1.82, 2.24) is 14.6 Å². The molecule has 4 rings (SSSR count). The van der Waals surface area contributed by atoms with Crippen molar-refractivity contribution < 1.29 is 4.74 Å². The molecular formula is C19H30N4OS. The van der Waals surface area contributed by atoms with E-state index < -0.39 is 0 Å². The van der Waals surface area contributed by atoms with E-state index in [1.165, 1.54) is 32.1 Å². The minimum atomic E-state index is 0.0718. The lowest BCUT2D eigenvalue weighted by Gasteiger charge is -2.34. The molecule has 2 fully saturated rings. The van der Waals surface area contributed by atoms with E-state index in [1.807, 2.05) is 4.52 Å². The van der Waals surface area contributed by atoms with Crippen molar-refractivity contribution in [3.8, 4) is 0 Å². The molecule has 0 radical (unpaired) electrons. The van der Waals surface area contributed by atoms with Crippen LogP contribution in [0.2, 0.25) is 0 Å². The summed E-state index contributed by atoms with van der Waals surface area (Å²) in [5, 5.41) is 5.87. The molecule has 1 saturated carbocycles. The molecule has 138 valence electrons. The minimum Gasteiger partial charge on any atom is -0.375 e. The lowest BCUT2D eigenvalue weighted by atomic mass is 9.93. The van der Waals surface area contributed by atoms with Gasteiger partial charge in [0.15, 0.2) is 0 Å². The predicted octanol–water partition coefficient (Wildman–Crippen LogP) is 4.41. The van der Waals surface area contributed by atoms with Crippen LogP contribution in [-0.2, 0) is 10.2 Å². The van der Waals surface area contributed by atoms with E-state index >= 15 is 0 Å². The summed E-state index contributed by atoms with van der Waals surface area (Å²) in [4.78, 5) is 8.16. The van der Waals surface area contributed by atoms with Gasteiger partial charge >= 0.3 is 0 Å². The molecule has 1 aliphatic heterocycles. The number of hydrogen-bond acceptors (Lipinski definition) is 5. The van der Waals surface area contributed by atoms with E-state index in [4.69, 9.17) is 14.8 Å². The van der Waals surface area contributed by atoms with Gasteiger partial charge in [0.1, 0.15) is 0 Å². The summed E-state index contributed by atoms with van der Waals surface area (Å²) in [5.74, 6) is 0. The molecule has 0 N–H and O–H groups in total. The predicted molar refractivity (Wildman–Crippen MR) is 103 cm³/mol. The van der Waals surface area contributed by atoms with E-state index in [0.29, 0.717) is 12.2 Å². The topological polar surface area (TPSA) is 42.7 Å². The molecule has 6 heteroatoms. The molecule has 3 heterocycles. The van der Waals surface area contributed by atoms with Crippen molar-refractivity contribution in [3.63, 3.8) is 0 Å². The molecule has 2 aromatic rings. The van der Waals surface area contributed by atoms with Crippen LogP contribution in [0, 0.1) is 0 Å². The van der Waals surface area contributed by atoms with Crippen molar-refractivity contribution >= 4 is 21.4 Å². The van der Waals surface area contributed by atoms with Crippen LogP contribution in [0.5, 0.6) is 0 Å². The fourth-order valence-electron chi connectivity index (χ4n) is 3.84. The summed E-state index contributed by atoms with van der Waals surface area (Å²) in [6.45, 7) is 8.66. The van der Waals surface area contributed by atoms with Gasteiger partial charge in [-0.25, -0.2) is 9.50 Å².